The molecule has 338 valence electrons. The van der Waals surface area contributed by atoms with Gasteiger partial charge in [0.15, 0.2) is 0 Å². The Bertz CT molecular complexity index is 4240. The first-order valence-electron chi connectivity index (χ1n) is 24.5. The van der Waals surface area contributed by atoms with Crippen molar-refractivity contribution in [2.75, 3.05) is 4.90 Å². The summed E-state index contributed by atoms with van der Waals surface area (Å²) in [4.78, 5) is 2.32. The third kappa shape index (κ3) is 7.24. The minimum atomic E-state index is 0.853. The summed E-state index contributed by atoms with van der Waals surface area (Å²) in [6, 6.07) is 95.4. The molecule has 0 unspecified atom stereocenters. The Morgan fingerprint density at radius 2 is 0.694 bits per heavy atom. The maximum Gasteiger partial charge on any atom is 0.135 e. The van der Waals surface area contributed by atoms with E-state index < -0.39 is 0 Å². The quantitative estimate of drug-likeness (QED) is 0.145. The Labute approximate surface area is 416 Å². The SMILES string of the molecule is c1ccc(-n2c3ccccc3c3cc(-c4ccc(-c5ccc(N(c6ccc(-c7ccc(-c8ccc9oc%10ccccc%10c9c8)cc7)cc6)c6ccc(-c7cc8ccccc8o7)cc6)cc5)cc4)ccc32)cc1. The van der Waals surface area contributed by atoms with Crippen LogP contribution in [-0.4, -0.2) is 4.57 Å². The van der Waals surface area contributed by atoms with Crippen molar-refractivity contribution in [3.8, 4) is 61.5 Å². The Hall–Kier alpha value is -9.64. The van der Waals surface area contributed by atoms with Crippen molar-refractivity contribution in [1.82, 2.24) is 4.57 Å². The van der Waals surface area contributed by atoms with Crippen LogP contribution in [-0.2, 0) is 0 Å². The van der Waals surface area contributed by atoms with Gasteiger partial charge in [0, 0.05) is 55.2 Å². The van der Waals surface area contributed by atoms with Gasteiger partial charge in [-0.1, -0.05) is 158 Å². The number of benzene rings is 11. The van der Waals surface area contributed by atoms with Crippen LogP contribution in [0.25, 0.3) is 116 Å². The van der Waals surface area contributed by atoms with Crippen molar-refractivity contribution in [3.63, 3.8) is 0 Å². The Kier molecular flexibility index (Phi) is 9.82. The summed E-state index contributed by atoms with van der Waals surface area (Å²) < 4.78 is 14.7. The number of para-hydroxylation sites is 4. The third-order valence-corrected chi connectivity index (χ3v) is 14.3. The van der Waals surface area contributed by atoms with E-state index in [0.717, 1.165) is 83.7 Å². The number of nitrogens with zero attached hydrogens (tertiary/aromatic N) is 2. The van der Waals surface area contributed by atoms with E-state index in [1.54, 1.807) is 0 Å². The molecule has 4 nitrogen and oxygen atoms in total. The normalized spacial score (nSPS) is 11.6. The van der Waals surface area contributed by atoms with Crippen LogP contribution in [0.4, 0.5) is 17.1 Å². The lowest BCUT2D eigenvalue weighted by Gasteiger charge is -2.26. The standard InChI is InChI=1S/C68H44N2O2/c1-2-11-55(12-3-1)70-63-15-7-5-13-59(63)61-42-52(32-40-64(61)70)49-22-18-45(19-23-49)47-26-34-56(35-27-47)69(58-38-30-51(31-39-58)68-44-54-10-4-8-16-65(54)71-68)57-36-28-48(29-37-57)46-20-24-50(25-21-46)53-33-41-67-62(43-53)60-14-6-9-17-66(60)72-67/h1-44H. The van der Waals surface area contributed by atoms with Crippen LogP contribution in [0.1, 0.15) is 0 Å². The minimum Gasteiger partial charge on any atom is -0.456 e. The number of anilines is 3. The van der Waals surface area contributed by atoms with E-state index >= 15 is 0 Å². The number of furan rings is 2. The van der Waals surface area contributed by atoms with Gasteiger partial charge in [-0.2, -0.15) is 0 Å². The average Bonchev–Trinajstić information content (AvgIpc) is 4.16. The fourth-order valence-corrected chi connectivity index (χ4v) is 10.6. The Balaban J connectivity index is 0.761. The molecule has 72 heavy (non-hydrogen) atoms. The molecule has 0 bridgehead atoms. The van der Waals surface area contributed by atoms with Crippen LogP contribution < -0.4 is 4.90 Å². The highest BCUT2D eigenvalue weighted by Crippen LogP contribution is 2.40. The van der Waals surface area contributed by atoms with Crippen molar-refractivity contribution in [2.24, 2.45) is 0 Å². The molecule has 0 N–H and O–H groups in total. The second-order valence-corrected chi connectivity index (χ2v) is 18.5. The summed E-state index contributed by atoms with van der Waals surface area (Å²) in [5.74, 6) is 0.853. The molecule has 0 amide bonds. The second-order valence-electron chi connectivity index (χ2n) is 18.5. The molecule has 0 saturated carbocycles. The predicted molar refractivity (Wildman–Crippen MR) is 300 cm³/mol. The molecule has 0 fully saturated rings. The van der Waals surface area contributed by atoms with Gasteiger partial charge in [0.25, 0.3) is 0 Å². The van der Waals surface area contributed by atoms with E-state index in [2.05, 4.69) is 246 Å². The molecule has 0 aliphatic rings. The Morgan fingerprint density at radius 1 is 0.264 bits per heavy atom. The zero-order valence-electron chi connectivity index (χ0n) is 39.1. The summed E-state index contributed by atoms with van der Waals surface area (Å²) in [6.07, 6.45) is 0. The van der Waals surface area contributed by atoms with Crippen molar-refractivity contribution < 1.29 is 8.83 Å². The average molecular weight is 921 g/mol. The van der Waals surface area contributed by atoms with Crippen LogP contribution >= 0.6 is 0 Å². The molecule has 14 rings (SSSR count). The van der Waals surface area contributed by atoms with Crippen molar-refractivity contribution >= 4 is 71.8 Å². The molecule has 4 heteroatoms. The van der Waals surface area contributed by atoms with Crippen molar-refractivity contribution in [3.05, 3.63) is 267 Å². The molecule has 0 saturated heterocycles. The second kappa shape index (κ2) is 17.1. The van der Waals surface area contributed by atoms with Crippen LogP contribution in [0.5, 0.6) is 0 Å². The van der Waals surface area contributed by atoms with E-state index in [0.29, 0.717) is 0 Å². The summed E-state index contributed by atoms with van der Waals surface area (Å²) in [5, 5.41) is 5.87. The van der Waals surface area contributed by atoms with Crippen molar-refractivity contribution in [2.45, 2.75) is 0 Å². The fourth-order valence-electron chi connectivity index (χ4n) is 10.6. The van der Waals surface area contributed by atoms with E-state index in [9.17, 15) is 0 Å². The lowest BCUT2D eigenvalue weighted by atomic mass is 9.98. The van der Waals surface area contributed by atoms with Gasteiger partial charge < -0.3 is 18.3 Å². The highest BCUT2D eigenvalue weighted by atomic mass is 16.3. The summed E-state index contributed by atoms with van der Waals surface area (Å²) >= 11 is 0. The van der Waals surface area contributed by atoms with Gasteiger partial charge in [0.05, 0.1) is 11.0 Å². The number of hydrogen-bond donors (Lipinski definition) is 0. The molecule has 0 atom stereocenters. The zero-order valence-corrected chi connectivity index (χ0v) is 39.1. The van der Waals surface area contributed by atoms with Gasteiger partial charge in [-0.05, 0) is 154 Å². The molecular weight excluding hydrogens is 877 g/mol. The number of rotatable bonds is 9. The lowest BCUT2D eigenvalue weighted by Crippen LogP contribution is -2.09. The number of fused-ring (bicyclic) bond motifs is 7. The van der Waals surface area contributed by atoms with E-state index in [1.807, 2.05) is 30.3 Å². The number of aromatic nitrogens is 1. The van der Waals surface area contributed by atoms with Gasteiger partial charge in [0.1, 0.15) is 22.5 Å². The van der Waals surface area contributed by atoms with Crippen LogP contribution in [0.15, 0.2) is 276 Å². The maximum atomic E-state index is 6.26. The molecular formula is C68H44N2O2. The molecule has 0 aliphatic carbocycles. The van der Waals surface area contributed by atoms with Gasteiger partial charge in [0.2, 0.25) is 0 Å². The largest absolute Gasteiger partial charge is 0.456 e. The van der Waals surface area contributed by atoms with Gasteiger partial charge in [-0.25, -0.2) is 0 Å². The van der Waals surface area contributed by atoms with Crippen LogP contribution in [0, 0.1) is 0 Å². The summed E-state index contributed by atoms with van der Waals surface area (Å²) in [7, 11) is 0. The molecule has 3 aromatic heterocycles. The molecule has 0 spiro atoms. The first kappa shape index (κ1) is 41.3. The summed E-state index contributed by atoms with van der Waals surface area (Å²) in [6.45, 7) is 0. The maximum absolute atomic E-state index is 6.26. The number of hydrogen-bond acceptors (Lipinski definition) is 3. The topological polar surface area (TPSA) is 34.5 Å². The van der Waals surface area contributed by atoms with Crippen LogP contribution in [0.3, 0.4) is 0 Å². The molecule has 3 heterocycles. The van der Waals surface area contributed by atoms with E-state index in [-0.39, 0.29) is 0 Å². The highest BCUT2D eigenvalue weighted by molar-refractivity contribution is 6.10. The first-order chi connectivity index (χ1) is 35.6. The molecule has 0 aliphatic heterocycles. The van der Waals surface area contributed by atoms with E-state index in [4.69, 9.17) is 8.83 Å². The van der Waals surface area contributed by atoms with Gasteiger partial charge in [-0.15, -0.1) is 0 Å². The predicted octanol–water partition coefficient (Wildman–Crippen LogP) is 19.2. The molecule has 14 aromatic rings. The highest BCUT2D eigenvalue weighted by Gasteiger charge is 2.17. The van der Waals surface area contributed by atoms with Crippen LogP contribution in [0.2, 0.25) is 0 Å². The summed E-state index contributed by atoms with van der Waals surface area (Å²) in [5.41, 5.74) is 19.8. The zero-order chi connectivity index (χ0) is 47.5. The fraction of sp³-hybridized carbons (Fsp3) is 0. The Morgan fingerprint density at radius 3 is 1.31 bits per heavy atom. The molecule has 11 aromatic carbocycles. The van der Waals surface area contributed by atoms with Gasteiger partial charge in [-0.3, -0.25) is 0 Å². The van der Waals surface area contributed by atoms with E-state index in [1.165, 1.54) is 49.6 Å². The smallest absolute Gasteiger partial charge is 0.135 e. The van der Waals surface area contributed by atoms with Crippen molar-refractivity contribution in [1.29, 1.82) is 0 Å². The lowest BCUT2D eigenvalue weighted by molar-refractivity contribution is 0.631. The third-order valence-electron chi connectivity index (χ3n) is 14.3. The van der Waals surface area contributed by atoms with Gasteiger partial charge >= 0.3 is 0 Å². The molecule has 0 radical (unpaired) electrons. The first-order valence-corrected chi connectivity index (χ1v) is 24.5. The minimum absolute atomic E-state index is 0.853. The monoisotopic (exact) mass is 920 g/mol.